The van der Waals surface area contributed by atoms with Crippen LogP contribution in [0.15, 0.2) is 77.3 Å². The second-order valence-electron chi connectivity index (χ2n) is 9.04. The standard InChI is InChI=1S/C28H20BrClN2O4/c1-36-20-10-8-19(9-11-20)31-27(34)23-22-12-4-16-14-18(30)7-13-21(16)32(22)25(24(23)28(31)35)26(33)15-2-5-17(29)6-3-15/h2-14,22-25H,1H3/t22-,23-,24-,25+/m0/s1. The van der Waals surface area contributed by atoms with Gasteiger partial charge in [-0.3, -0.25) is 14.4 Å². The van der Waals surface area contributed by atoms with Crippen molar-refractivity contribution >= 4 is 62.6 Å². The van der Waals surface area contributed by atoms with Gasteiger partial charge in [0.2, 0.25) is 11.8 Å². The van der Waals surface area contributed by atoms with Gasteiger partial charge >= 0.3 is 0 Å². The Labute approximate surface area is 221 Å². The molecule has 3 heterocycles. The molecule has 6 nitrogen and oxygen atoms in total. The van der Waals surface area contributed by atoms with Gasteiger partial charge in [0.1, 0.15) is 11.8 Å². The minimum absolute atomic E-state index is 0.200. The number of amides is 2. The number of hydrogen-bond donors (Lipinski definition) is 0. The first-order chi connectivity index (χ1) is 17.4. The molecule has 2 saturated heterocycles. The minimum Gasteiger partial charge on any atom is -0.497 e. The van der Waals surface area contributed by atoms with Gasteiger partial charge in [-0.2, -0.15) is 0 Å². The topological polar surface area (TPSA) is 66.9 Å². The number of anilines is 2. The van der Waals surface area contributed by atoms with Crippen molar-refractivity contribution in [1.29, 1.82) is 0 Å². The van der Waals surface area contributed by atoms with Crippen LogP contribution >= 0.6 is 27.5 Å². The summed E-state index contributed by atoms with van der Waals surface area (Å²) in [7, 11) is 1.55. The van der Waals surface area contributed by atoms with Gasteiger partial charge in [0, 0.05) is 20.7 Å². The summed E-state index contributed by atoms with van der Waals surface area (Å²) in [5.41, 5.74) is 2.58. The number of Topliss-reactive ketones (excluding diaryl/α,β-unsaturated/α-hetero) is 1. The smallest absolute Gasteiger partial charge is 0.240 e. The summed E-state index contributed by atoms with van der Waals surface area (Å²) in [6.45, 7) is 0. The van der Waals surface area contributed by atoms with E-state index in [1.807, 2.05) is 29.2 Å². The minimum atomic E-state index is -0.842. The lowest BCUT2D eigenvalue weighted by Crippen LogP contribution is -2.48. The highest BCUT2D eigenvalue weighted by atomic mass is 79.9. The maximum atomic E-state index is 14.0. The number of ketones is 1. The van der Waals surface area contributed by atoms with Crippen LogP contribution in [0.1, 0.15) is 15.9 Å². The molecule has 0 N–H and O–H groups in total. The second-order valence-corrected chi connectivity index (χ2v) is 10.4. The largest absolute Gasteiger partial charge is 0.497 e. The van der Waals surface area contributed by atoms with Gasteiger partial charge in [-0.1, -0.05) is 51.8 Å². The Hall–Kier alpha value is -3.42. The molecular weight excluding hydrogens is 544 g/mol. The molecule has 3 aromatic carbocycles. The molecule has 180 valence electrons. The summed E-state index contributed by atoms with van der Waals surface area (Å²) in [5, 5.41) is 0.574. The zero-order valence-electron chi connectivity index (χ0n) is 19.1. The van der Waals surface area contributed by atoms with Gasteiger partial charge in [0.05, 0.1) is 30.7 Å². The normalized spacial score (nSPS) is 24.0. The fourth-order valence-corrected chi connectivity index (χ4v) is 6.06. The first-order valence-electron chi connectivity index (χ1n) is 11.5. The maximum Gasteiger partial charge on any atom is 0.240 e. The van der Waals surface area contributed by atoms with Gasteiger partial charge in [-0.15, -0.1) is 0 Å². The number of rotatable bonds is 4. The molecule has 0 unspecified atom stereocenters. The van der Waals surface area contributed by atoms with Crippen LogP contribution < -0.4 is 14.5 Å². The van der Waals surface area contributed by atoms with Gasteiger partial charge in [0.25, 0.3) is 0 Å². The van der Waals surface area contributed by atoms with Gasteiger partial charge in [-0.25, -0.2) is 4.90 Å². The van der Waals surface area contributed by atoms with Crippen LogP contribution in [0, 0.1) is 11.8 Å². The zero-order chi connectivity index (χ0) is 25.1. The number of carbonyl (C=O) groups is 3. The summed E-state index contributed by atoms with van der Waals surface area (Å²) in [5.74, 6) is -1.77. The molecule has 6 rings (SSSR count). The van der Waals surface area contributed by atoms with Gasteiger partial charge in [-0.05, 0) is 60.2 Å². The van der Waals surface area contributed by atoms with Crippen molar-refractivity contribution in [3.63, 3.8) is 0 Å². The average molecular weight is 564 g/mol. The van der Waals surface area contributed by atoms with Crippen LogP contribution in [-0.4, -0.2) is 36.8 Å². The van der Waals surface area contributed by atoms with Crippen molar-refractivity contribution in [2.45, 2.75) is 12.1 Å². The SMILES string of the molecule is COc1ccc(N2C(=O)[C@@H]3[C@H](C2=O)[C@H](C(=O)c2ccc(Br)cc2)N2c4ccc(Cl)cc4C=C[C@@H]32)cc1. The summed E-state index contributed by atoms with van der Waals surface area (Å²) in [6, 6.07) is 18.0. The van der Waals surface area contributed by atoms with E-state index in [0.717, 1.165) is 15.7 Å². The molecule has 36 heavy (non-hydrogen) atoms. The van der Waals surface area contributed by atoms with E-state index in [4.69, 9.17) is 16.3 Å². The van der Waals surface area contributed by atoms with E-state index >= 15 is 0 Å². The fraction of sp³-hybridized carbons (Fsp3) is 0.179. The first kappa shape index (κ1) is 23.0. The third kappa shape index (κ3) is 3.41. The van der Waals surface area contributed by atoms with Crippen LogP contribution in [0.25, 0.3) is 6.08 Å². The molecule has 0 spiro atoms. The Balaban J connectivity index is 1.47. The molecular formula is C28H20BrClN2O4. The van der Waals surface area contributed by atoms with Crippen molar-refractivity contribution in [3.05, 3.63) is 93.4 Å². The number of hydrogen-bond acceptors (Lipinski definition) is 5. The summed E-state index contributed by atoms with van der Waals surface area (Å²) in [4.78, 5) is 44.9. The number of ether oxygens (including phenoxy) is 1. The van der Waals surface area contributed by atoms with Crippen LogP contribution in [0.4, 0.5) is 11.4 Å². The number of methoxy groups -OCH3 is 1. The van der Waals surface area contributed by atoms with Crippen molar-refractivity contribution in [1.82, 2.24) is 0 Å². The molecule has 0 aliphatic carbocycles. The molecule has 0 radical (unpaired) electrons. The molecule has 2 fully saturated rings. The first-order valence-corrected chi connectivity index (χ1v) is 12.6. The molecule has 0 saturated carbocycles. The zero-order valence-corrected chi connectivity index (χ0v) is 21.4. The lowest BCUT2D eigenvalue weighted by Gasteiger charge is -2.36. The van der Waals surface area contributed by atoms with Crippen LogP contribution in [0.5, 0.6) is 5.75 Å². The number of halogens is 2. The van der Waals surface area contributed by atoms with E-state index in [1.165, 1.54) is 4.90 Å². The average Bonchev–Trinajstić information content (AvgIpc) is 3.36. The van der Waals surface area contributed by atoms with Crippen LogP contribution in [0.3, 0.4) is 0 Å². The molecule has 4 atom stereocenters. The lowest BCUT2D eigenvalue weighted by molar-refractivity contribution is -0.122. The van der Waals surface area contributed by atoms with E-state index in [0.29, 0.717) is 22.0 Å². The fourth-order valence-electron chi connectivity index (χ4n) is 5.61. The van der Waals surface area contributed by atoms with Gasteiger partial charge < -0.3 is 9.64 Å². The summed E-state index contributed by atoms with van der Waals surface area (Å²) < 4.78 is 6.06. The lowest BCUT2D eigenvalue weighted by atomic mass is 9.86. The summed E-state index contributed by atoms with van der Waals surface area (Å²) in [6.07, 6.45) is 3.83. The predicted molar refractivity (Wildman–Crippen MR) is 141 cm³/mol. The third-order valence-electron chi connectivity index (χ3n) is 7.20. The number of fused-ring (bicyclic) bond motifs is 5. The van der Waals surface area contributed by atoms with Crippen molar-refractivity contribution in [2.75, 3.05) is 16.9 Å². The highest BCUT2D eigenvalue weighted by molar-refractivity contribution is 9.10. The Kier molecular flexibility index (Phi) is 5.50. The van der Waals surface area contributed by atoms with Crippen molar-refractivity contribution < 1.29 is 19.1 Å². The van der Waals surface area contributed by atoms with Crippen LogP contribution in [-0.2, 0) is 9.59 Å². The van der Waals surface area contributed by atoms with Crippen molar-refractivity contribution in [2.24, 2.45) is 11.8 Å². The highest BCUT2D eigenvalue weighted by Gasteiger charge is 2.64. The Morgan fingerprint density at radius 3 is 2.33 bits per heavy atom. The quantitative estimate of drug-likeness (QED) is 0.315. The van der Waals surface area contributed by atoms with Crippen molar-refractivity contribution in [3.8, 4) is 5.75 Å². The molecule has 3 aliphatic heterocycles. The van der Waals surface area contributed by atoms with E-state index in [9.17, 15) is 14.4 Å². The summed E-state index contributed by atoms with van der Waals surface area (Å²) >= 11 is 9.64. The molecule has 8 heteroatoms. The maximum absolute atomic E-state index is 14.0. The Morgan fingerprint density at radius 2 is 1.64 bits per heavy atom. The highest BCUT2D eigenvalue weighted by Crippen LogP contribution is 2.50. The van der Waals surface area contributed by atoms with E-state index < -0.39 is 23.9 Å². The molecule has 3 aromatic rings. The Bertz CT molecular complexity index is 1440. The number of carbonyl (C=O) groups excluding carboxylic acids is 3. The number of nitrogens with zero attached hydrogens (tertiary/aromatic N) is 2. The van der Waals surface area contributed by atoms with Gasteiger partial charge in [0.15, 0.2) is 5.78 Å². The second kappa shape index (κ2) is 8.61. The monoisotopic (exact) mass is 562 g/mol. The molecule has 0 bridgehead atoms. The van der Waals surface area contributed by atoms with Crippen LogP contribution in [0.2, 0.25) is 5.02 Å². The Morgan fingerprint density at radius 1 is 0.944 bits per heavy atom. The number of benzene rings is 3. The number of imide groups is 1. The van der Waals surface area contributed by atoms with E-state index in [2.05, 4.69) is 15.9 Å². The molecule has 3 aliphatic rings. The third-order valence-corrected chi connectivity index (χ3v) is 7.96. The molecule has 0 aromatic heterocycles. The van der Waals surface area contributed by atoms with E-state index in [1.54, 1.807) is 61.7 Å². The van der Waals surface area contributed by atoms with E-state index in [-0.39, 0.29) is 17.6 Å². The predicted octanol–water partition coefficient (Wildman–Crippen LogP) is 5.38. The molecule has 2 amide bonds.